The van der Waals surface area contributed by atoms with Crippen molar-refractivity contribution in [3.63, 3.8) is 0 Å². The molecule has 1 aromatic rings. The second-order valence-electron chi connectivity index (χ2n) is 6.31. The lowest BCUT2D eigenvalue weighted by atomic mass is 10.1. The van der Waals surface area contributed by atoms with Gasteiger partial charge in [-0.1, -0.05) is 30.3 Å². The highest BCUT2D eigenvalue weighted by Gasteiger charge is 2.34. The predicted molar refractivity (Wildman–Crippen MR) is 92.0 cm³/mol. The largest absolute Gasteiger partial charge is 0.480 e. The topological polar surface area (TPSA) is 152 Å². The maximum atomic E-state index is 11.4. The summed E-state index contributed by atoms with van der Waals surface area (Å²) in [6.07, 6.45) is 0. The van der Waals surface area contributed by atoms with Gasteiger partial charge < -0.3 is 24.9 Å². The molecule has 0 aliphatic rings. The molecule has 4 N–H and O–H groups in total. The van der Waals surface area contributed by atoms with Crippen LogP contribution in [-0.2, 0) is 25.7 Å². The molecule has 0 amide bonds. The Morgan fingerprint density at radius 2 is 1.26 bits per heavy atom. The molecule has 0 aliphatic heterocycles. The van der Waals surface area contributed by atoms with Crippen molar-refractivity contribution >= 4 is 23.9 Å². The first-order valence-electron chi connectivity index (χ1n) is 8.10. The summed E-state index contributed by atoms with van der Waals surface area (Å²) >= 11 is 0. The van der Waals surface area contributed by atoms with Gasteiger partial charge in [0.25, 0.3) is 0 Å². The first-order chi connectivity index (χ1) is 12.6. The smallest absolute Gasteiger partial charge is 0.359 e. The van der Waals surface area contributed by atoms with Gasteiger partial charge in [0.15, 0.2) is 13.1 Å². The highest BCUT2D eigenvalue weighted by Crippen LogP contribution is 2.15. The lowest BCUT2D eigenvalue weighted by Gasteiger charge is -2.37. The summed E-state index contributed by atoms with van der Waals surface area (Å²) in [6.45, 7) is -2.08. The van der Waals surface area contributed by atoms with Crippen LogP contribution in [0.1, 0.15) is 5.56 Å². The molecule has 0 spiro atoms. The van der Waals surface area contributed by atoms with E-state index in [1.165, 1.54) is 0 Å². The molecule has 27 heavy (non-hydrogen) atoms. The number of quaternary nitrogens is 1. The zero-order chi connectivity index (χ0) is 20.4. The Morgan fingerprint density at radius 1 is 0.778 bits per heavy atom. The first-order valence-corrected chi connectivity index (χ1v) is 8.10. The number of hydrogen-bond donors (Lipinski definition) is 4. The first kappa shape index (κ1) is 22.1. The Morgan fingerprint density at radius 3 is 1.67 bits per heavy atom. The average Bonchev–Trinajstić information content (AvgIpc) is 2.51. The van der Waals surface area contributed by atoms with E-state index in [4.69, 9.17) is 10.2 Å². The molecule has 0 aromatic heterocycles. The summed E-state index contributed by atoms with van der Waals surface area (Å²) in [5, 5.41) is 36.4. The summed E-state index contributed by atoms with van der Waals surface area (Å²) < 4.78 is -0.371. The highest BCUT2D eigenvalue weighted by molar-refractivity contribution is 5.72. The number of aliphatic carboxylic acids is 4. The standard InChI is InChI=1S/C17H22N2O8/c20-14(21)8-18(9-15(22)23)6-7-19(11-16(24)25,12-17(26)27)10-13-4-2-1-3-5-13/h1-5H,6-12H2,(H3-,20,21,22,23,24,25,26,27)/p+1. The van der Waals surface area contributed by atoms with E-state index in [-0.39, 0.29) is 24.1 Å². The van der Waals surface area contributed by atoms with Gasteiger partial charge >= 0.3 is 23.9 Å². The fraction of sp³-hybridized carbons (Fsp3) is 0.412. The van der Waals surface area contributed by atoms with Crippen LogP contribution in [0.4, 0.5) is 0 Å². The van der Waals surface area contributed by atoms with Gasteiger partial charge in [-0.2, -0.15) is 0 Å². The third-order valence-electron chi connectivity index (χ3n) is 3.91. The number of carboxylic acid groups (broad SMARTS) is 4. The monoisotopic (exact) mass is 383 g/mol. The molecule has 1 aromatic carbocycles. The van der Waals surface area contributed by atoms with Gasteiger partial charge in [0.05, 0.1) is 19.6 Å². The van der Waals surface area contributed by atoms with Gasteiger partial charge in [-0.25, -0.2) is 9.59 Å². The maximum Gasteiger partial charge on any atom is 0.359 e. The molecular formula is C17H23N2O8+. The quantitative estimate of drug-likeness (QED) is 0.335. The number of benzene rings is 1. The second kappa shape index (κ2) is 10.2. The zero-order valence-corrected chi connectivity index (χ0v) is 14.7. The molecule has 0 unspecified atom stereocenters. The van der Waals surface area contributed by atoms with E-state index < -0.39 is 50.1 Å². The van der Waals surface area contributed by atoms with E-state index in [1.807, 2.05) is 0 Å². The molecule has 1 rings (SSSR count). The number of rotatable bonds is 13. The molecule has 10 nitrogen and oxygen atoms in total. The van der Waals surface area contributed by atoms with Crippen molar-refractivity contribution < 1.29 is 44.1 Å². The number of hydrogen-bond acceptors (Lipinski definition) is 5. The molecule has 10 heteroatoms. The lowest BCUT2D eigenvalue weighted by molar-refractivity contribution is -0.927. The second-order valence-corrected chi connectivity index (χ2v) is 6.31. The third-order valence-corrected chi connectivity index (χ3v) is 3.91. The summed E-state index contributed by atoms with van der Waals surface area (Å²) in [6, 6.07) is 8.74. The van der Waals surface area contributed by atoms with Crippen LogP contribution in [0.25, 0.3) is 0 Å². The van der Waals surface area contributed by atoms with E-state index in [2.05, 4.69) is 0 Å². The lowest BCUT2D eigenvalue weighted by Crippen LogP contribution is -2.56. The molecule has 0 bridgehead atoms. The SMILES string of the molecule is O=C(O)CN(CC[N+](CC(=O)O)(CC(=O)O)Cc1ccccc1)CC(=O)O. The van der Waals surface area contributed by atoms with Gasteiger partial charge in [0.2, 0.25) is 0 Å². The van der Waals surface area contributed by atoms with Crippen molar-refractivity contribution in [1.29, 1.82) is 0 Å². The third kappa shape index (κ3) is 8.79. The van der Waals surface area contributed by atoms with Gasteiger partial charge in [-0.15, -0.1) is 0 Å². The maximum absolute atomic E-state index is 11.4. The summed E-state index contributed by atoms with van der Waals surface area (Å²) in [4.78, 5) is 45.8. The normalized spacial score (nSPS) is 11.3. The zero-order valence-electron chi connectivity index (χ0n) is 14.7. The molecule has 0 fully saturated rings. The minimum absolute atomic E-state index is 0.0337. The molecule has 148 valence electrons. The molecule has 0 heterocycles. The van der Waals surface area contributed by atoms with Crippen molar-refractivity contribution in [3.05, 3.63) is 35.9 Å². The van der Waals surface area contributed by atoms with Crippen LogP contribution in [0, 0.1) is 0 Å². The van der Waals surface area contributed by atoms with E-state index >= 15 is 0 Å². The minimum atomic E-state index is -1.23. The van der Waals surface area contributed by atoms with Crippen LogP contribution >= 0.6 is 0 Å². The Labute approximate surface area is 155 Å². The van der Waals surface area contributed by atoms with Gasteiger partial charge in [0.1, 0.15) is 6.54 Å². The number of carbonyl (C=O) groups is 4. The van der Waals surface area contributed by atoms with Crippen LogP contribution in [0.5, 0.6) is 0 Å². The molecule has 0 saturated carbocycles. The van der Waals surface area contributed by atoms with Crippen molar-refractivity contribution in [1.82, 2.24) is 4.90 Å². The highest BCUT2D eigenvalue weighted by atomic mass is 16.4. The number of nitrogens with zero attached hydrogens (tertiary/aromatic N) is 2. The molecule has 0 aliphatic carbocycles. The number of carboxylic acids is 4. The summed E-state index contributed by atoms with van der Waals surface area (Å²) in [7, 11) is 0. The van der Waals surface area contributed by atoms with Crippen molar-refractivity contribution in [2.45, 2.75) is 6.54 Å². The van der Waals surface area contributed by atoms with Crippen LogP contribution in [-0.4, -0.2) is 93.0 Å². The summed E-state index contributed by atoms with van der Waals surface area (Å²) in [5.41, 5.74) is 0.725. The summed E-state index contributed by atoms with van der Waals surface area (Å²) in [5.74, 6) is -4.85. The molecule has 0 saturated heterocycles. The van der Waals surface area contributed by atoms with Crippen molar-refractivity contribution in [2.24, 2.45) is 0 Å². The van der Waals surface area contributed by atoms with Crippen LogP contribution < -0.4 is 0 Å². The minimum Gasteiger partial charge on any atom is -0.480 e. The Kier molecular flexibility index (Phi) is 8.36. The fourth-order valence-corrected chi connectivity index (χ4v) is 2.90. The fourth-order valence-electron chi connectivity index (χ4n) is 2.90. The Bertz CT molecular complexity index is 645. The molecular weight excluding hydrogens is 360 g/mol. The molecule has 0 radical (unpaired) electrons. The average molecular weight is 383 g/mol. The van der Waals surface area contributed by atoms with Crippen molar-refractivity contribution in [3.8, 4) is 0 Å². The van der Waals surface area contributed by atoms with Crippen LogP contribution in [0.15, 0.2) is 30.3 Å². The van der Waals surface area contributed by atoms with Gasteiger partial charge in [-0.05, 0) is 0 Å². The van der Waals surface area contributed by atoms with E-state index in [1.54, 1.807) is 30.3 Å². The van der Waals surface area contributed by atoms with E-state index in [0.717, 1.165) is 10.5 Å². The van der Waals surface area contributed by atoms with Gasteiger partial charge in [0, 0.05) is 12.1 Å². The Hall–Kier alpha value is -2.98. The van der Waals surface area contributed by atoms with Crippen LogP contribution in [0.2, 0.25) is 0 Å². The van der Waals surface area contributed by atoms with Gasteiger partial charge in [-0.3, -0.25) is 14.5 Å². The predicted octanol–water partition coefficient (Wildman–Crippen LogP) is -0.356. The Balaban J connectivity index is 3.08. The van der Waals surface area contributed by atoms with E-state index in [9.17, 15) is 29.4 Å². The molecule has 0 atom stereocenters. The van der Waals surface area contributed by atoms with E-state index in [0.29, 0.717) is 0 Å². The van der Waals surface area contributed by atoms with Crippen LogP contribution in [0.3, 0.4) is 0 Å². The van der Waals surface area contributed by atoms with Crippen molar-refractivity contribution in [2.75, 3.05) is 39.3 Å².